The minimum Gasteiger partial charge on any atom is -0.350 e. The standard InChI is InChI=1S/C18H16FN3O3/c1-11-4-2-3-5-13(11)16(23)20-8-9-22-15-7-6-12(19)10-14(15)21-17(24)18(22)25/h2-7,10H,8-9H2,1H3,(H,20,23)(H,21,24). The number of rotatable bonds is 4. The van der Waals surface area contributed by atoms with Crippen LogP contribution in [0.5, 0.6) is 0 Å². The van der Waals surface area contributed by atoms with E-state index in [1.165, 1.54) is 16.7 Å². The second-order valence-corrected chi connectivity index (χ2v) is 5.64. The van der Waals surface area contributed by atoms with E-state index in [1.807, 2.05) is 19.1 Å². The Kier molecular flexibility index (Phi) is 4.47. The number of nitrogens with zero attached hydrogens (tertiary/aromatic N) is 1. The third-order valence-electron chi connectivity index (χ3n) is 3.95. The molecule has 1 amide bonds. The molecule has 6 nitrogen and oxygen atoms in total. The van der Waals surface area contributed by atoms with Gasteiger partial charge in [-0.05, 0) is 36.8 Å². The lowest BCUT2D eigenvalue weighted by molar-refractivity contribution is 0.0951. The Morgan fingerprint density at radius 2 is 1.96 bits per heavy atom. The summed E-state index contributed by atoms with van der Waals surface area (Å²) in [6.45, 7) is 2.09. The van der Waals surface area contributed by atoms with Crippen molar-refractivity contribution >= 4 is 16.9 Å². The van der Waals surface area contributed by atoms with E-state index in [0.717, 1.165) is 11.6 Å². The normalized spacial score (nSPS) is 10.8. The van der Waals surface area contributed by atoms with Gasteiger partial charge in [-0.15, -0.1) is 0 Å². The van der Waals surface area contributed by atoms with Crippen LogP contribution >= 0.6 is 0 Å². The van der Waals surface area contributed by atoms with Crippen LogP contribution in [0.15, 0.2) is 52.1 Å². The fourth-order valence-electron chi connectivity index (χ4n) is 2.68. The van der Waals surface area contributed by atoms with Crippen molar-refractivity contribution in [3.63, 3.8) is 0 Å². The number of hydrogen-bond acceptors (Lipinski definition) is 3. The third-order valence-corrected chi connectivity index (χ3v) is 3.95. The Bertz CT molecular complexity index is 1070. The topological polar surface area (TPSA) is 84.0 Å². The van der Waals surface area contributed by atoms with Gasteiger partial charge >= 0.3 is 11.1 Å². The summed E-state index contributed by atoms with van der Waals surface area (Å²) >= 11 is 0. The molecule has 2 aromatic carbocycles. The van der Waals surface area contributed by atoms with Gasteiger partial charge in [0.05, 0.1) is 11.0 Å². The highest BCUT2D eigenvalue weighted by Crippen LogP contribution is 2.10. The summed E-state index contributed by atoms with van der Waals surface area (Å²) in [6.07, 6.45) is 0. The Labute approximate surface area is 141 Å². The zero-order chi connectivity index (χ0) is 18.0. The predicted molar refractivity (Wildman–Crippen MR) is 92.3 cm³/mol. The maximum atomic E-state index is 13.3. The van der Waals surface area contributed by atoms with Crippen molar-refractivity contribution in [1.82, 2.24) is 14.9 Å². The highest BCUT2D eigenvalue weighted by Gasteiger charge is 2.10. The molecule has 1 aromatic heterocycles. The molecule has 0 unspecified atom stereocenters. The lowest BCUT2D eigenvalue weighted by Gasteiger charge is -2.11. The number of aromatic nitrogens is 2. The molecular formula is C18H16FN3O3. The summed E-state index contributed by atoms with van der Waals surface area (Å²) in [4.78, 5) is 38.4. The SMILES string of the molecule is Cc1ccccc1C(=O)NCCn1c(=O)c(=O)[nH]c2cc(F)ccc21. The first-order chi connectivity index (χ1) is 12.0. The number of carbonyl (C=O) groups is 1. The second kappa shape index (κ2) is 6.72. The van der Waals surface area contributed by atoms with Gasteiger partial charge in [-0.3, -0.25) is 14.4 Å². The number of aryl methyl sites for hydroxylation is 1. The first kappa shape index (κ1) is 16.6. The fourth-order valence-corrected chi connectivity index (χ4v) is 2.68. The number of benzene rings is 2. The third kappa shape index (κ3) is 3.35. The minimum absolute atomic E-state index is 0.0997. The van der Waals surface area contributed by atoms with Crippen LogP contribution in [0, 0.1) is 12.7 Å². The van der Waals surface area contributed by atoms with Gasteiger partial charge in [-0.25, -0.2) is 4.39 Å². The van der Waals surface area contributed by atoms with Crippen molar-refractivity contribution in [3.8, 4) is 0 Å². The number of halogens is 1. The minimum atomic E-state index is -0.830. The van der Waals surface area contributed by atoms with E-state index in [0.29, 0.717) is 11.1 Å². The summed E-state index contributed by atoms with van der Waals surface area (Å²) in [6, 6.07) is 10.9. The van der Waals surface area contributed by atoms with E-state index in [2.05, 4.69) is 10.3 Å². The molecule has 0 aliphatic heterocycles. The summed E-state index contributed by atoms with van der Waals surface area (Å²) in [5, 5.41) is 2.73. The van der Waals surface area contributed by atoms with Crippen LogP contribution in [0.3, 0.4) is 0 Å². The van der Waals surface area contributed by atoms with Gasteiger partial charge in [-0.2, -0.15) is 0 Å². The number of fused-ring (bicyclic) bond motifs is 1. The lowest BCUT2D eigenvalue weighted by atomic mass is 10.1. The number of hydrogen-bond donors (Lipinski definition) is 2. The van der Waals surface area contributed by atoms with E-state index in [-0.39, 0.29) is 24.5 Å². The van der Waals surface area contributed by atoms with Crippen LogP contribution in [-0.4, -0.2) is 22.0 Å². The van der Waals surface area contributed by atoms with Gasteiger partial charge in [0.2, 0.25) is 0 Å². The first-order valence-electron chi connectivity index (χ1n) is 7.73. The smallest absolute Gasteiger partial charge is 0.316 e. The van der Waals surface area contributed by atoms with Crippen LogP contribution < -0.4 is 16.4 Å². The van der Waals surface area contributed by atoms with Crippen LogP contribution in [0.1, 0.15) is 15.9 Å². The van der Waals surface area contributed by atoms with Gasteiger partial charge in [0.25, 0.3) is 5.91 Å². The number of nitrogens with one attached hydrogen (secondary N) is 2. The van der Waals surface area contributed by atoms with Gasteiger partial charge in [0.15, 0.2) is 0 Å². The molecule has 1 heterocycles. The molecular weight excluding hydrogens is 325 g/mol. The molecule has 128 valence electrons. The van der Waals surface area contributed by atoms with Crippen LogP contribution in [0.25, 0.3) is 11.0 Å². The van der Waals surface area contributed by atoms with Crippen LogP contribution in [0.2, 0.25) is 0 Å². The number of carbonyl (C=O) groups excluding carboxylic acids is 1. The molecule has 0 saturated heterocycles. The average Bonchev–Trinajstić information content (AvgIpc) is 2.58. The summed E-state index contributed by atoms with van der Waals surface area (Å²) in [5.41, 5.74) is 0.445. The lowest BCUT2D eigenvalue weighted by Crippen LogP contribution is -2.39. The fraction of sp³-hybridized carbons (Fsp3) is 0.167. The van der Waals surface area contributed by atoms with Crippen molar-refractivity contribution in [1.29, 1.82) is 0 Å². The van der Waals surface area contributed by atoms with Gasteiger partial charge in [0, 0.05) is 18.7 Å². The molecule has 7 heteroatoms. The van der Waals surface area contributed by atoms with Gasteiger partial charge in [0.1, 0.15) is 5.82 Å². The maximum absolute atomic E-state index is 13.3. The number of H-pyrrole nitrogens is 1. The van der Waals surface area contributed by atoms with Crippen molar-refractivity contribution in [3.05, 3.63) is 80.1 Å². The Morgan fingerprint density at radius 3 is 2.72 bits per heavy atom. The molecule has 3 rings (SSSR count). The van der Waals surface area contributed by atoms with Crippen molar-refractivity contribution < 1.29 is 9.18 Å². The molecule has 0 spiro atoms. The van der Waals surface area contributed by atoms with Crippen molar-refractivity contribution in [2.45, 2.75) is 13.5 Å². The monoisotopic (exact) mass is 341 g/mol. The highest BCUT2D eigenvalue weighted by molar-refractivity contribution is 5.95. The summed E-state index contributed by atoms with van der Waals surface area (Å²) < 4.78 is 14.5. The van der Waals surface area contributed by atoms with Gasteiger partial charge < -0.3 is 14.9 Å². The Morgan fingerprint density at radius 1 is 1.20 bits per heavy atom. The number of amides is 1. The zero-order valence-corrected chi connectivity index (χ0v) is 13.5. The first-order valence-corrected chi connectivity index (χ1v) is 7.73. The quantitative estimate of drug-likeness (QED) is 0.707. The van der Waals surface area contributed by atoms with E-state index in [4.69, 9.17) is 0 Å². The molecule has 0 aliphatic rings. The van der Waals surface area contributed by atoms with Crippen molar-refractivity contribution in [2.75, 3.05) is 6.54 Å². The molecule has 0 atom stereocenters. The van der Waals surface area contributed by atoms with E-state index < -0.39 is 16.9 Å². The van der Waals surface area contributed by atoms with Crippen LogP contribution in [0.4, 0.5) is 4.39 Å². The van der Waals surface area contributed by atoms with E-state index >= 15 is 0 Å². The molecule has 0 saturated carbocycles. The summed E-state index contributed by atoms with van der Waals surface area (Å²) in [7, 11) is 0. The van der Waals surface area contributed by atoms with Crippen LogP contribution in [-0.2, 0) is 6.54 Å². The highest BCUT2D eigenvalue weighted by atomic mass is 19.1. The zero-order valence-electron chi connectivity index (χ0n) is 13.5. The molecule has 2 N–H and O–H groups in total. The molecule has 25 heavy (non-hydrogen) atoms. The van der Waals surface area contributed by atoms with E-state index in [9.17, 15) is 18.8 Å². The Hall–Kier alpha value is -3.22. The Balaban J connectivity index is 1.83. The largest absolute Gasteiger partial charge is 0.350 e. The molecule has 0 aliphatic carbocycles. The maximum Gasteiger partial charge on any atom is 0.316 e. The summed E-state index contributed by atoms with van der Waals surface area (Å²) in [5.74, 6) is -0.771. The molecule has 0 bridgehead atoms. The second-order valence-electron chi connectivity index (χ2n) is 5.64. The van der Waals surface area contributed by atoms with Crippen molar-refractivity contribution in [2.24, 2.45) is 0 Å². The predicted octanol–water partition coefficient (Wildman–Crippen LogP) is 1.57. The molecule has 0 fully saturated rings. The molecule has 3 aromatic rings. The van der Waals surface area contributed by atoms with E-state index in [1.54, 1.807) is 12.1 Å². The number of aromatic amines is 1. The van der Waals surface area contributed by atoms with Gasteiger partial charge in [-0.1, -0.05) is 18.2 Å². The average molecular weight is 341 g/mol. The molecule has 0 radical (unpaired) electrons.